The summed E-state index contributed by atoms with van der Waals surface area (Å²) in [6, 6.07) is 9.90. The van der Waals surface area contributed by atoms with Gasteiger partial charge in [-0.2, -0.15) is 0 Å². The maximum atomic E-state index is 12.5. The van der Waals surface area contributed by atoms with Crippen LogP contribution in [0, 0.1) is 17.3 Å². The smallest absolute Gasteiger partial charge is 0.323 e. The number of aliphatic hydroxyl groups excluding tert-OH is 1. The van der Waals surface area contributed by atoms with Crippen molar-refractivity contribution >= 4 is 11.9 Å². The molecule has 5 heteroatoms. The van der Waals surface area contributed by atoms with Crippen molar-refractivity contribution < 1.29 is 24.2 Å². The predicted molar refractivity (Wildman–Crippen MR) is 89.1 cm³/mol. The number of carbonyl (C=O) groups is 2. The van der Waals surface area contributed by atoms with Gasteiger partial charge in [-0.1, -0.05) is 30.3 Å². The monoisotopic (exact) mass is 334 g/mol. The third-order valence-corrected chi connectivity index (χ3v) is 4.80. The van der Waals surface area contributed by atoms with Crippen LogP contribution >= 0.6 is 0 Å². The Hall–Kier alpha value is -1.88. The minimum absolute atomic E-state index is 0.0335. The second-order valence-electron chi connectivity index (χ2n) is 6.32. The van der Waals surface area contributed by atoms with Crippen LogP contribution in [-0.2, 0) is 25.5 Å². The maximum absolute atomic E-state index is 12.5. The summed E-state index contributed by atoms with van der Waals surface area (Å²) in [6.07, 6.45) is 1.34. The molecule has 0 bridgehead atoms. The molecule has 0 unspecified atom stereocenters. The van der Waals surface area contributed by atoms with Crippen LogP contribution in [0.25, 0.3) is 0 Å². The number of hydrogen-bond acceptors (Lipinski definition) is 5. The molecule has 5 nitrogen and oxygen atoms in total. The lowest BCUT2D eigenvalue weighted by Gasteiger charge is -2.24. The van der Waals surface area contributed by atoms with Gasteiger partial charge >= 0.3 is 11.9 Å². The van der Waals surface area contributed by atoms with Gasteiger partial charge in [-0.25, -0.2) is 0 Å². The molecule has 1 aliphatic rings. The van der Waals surface area contributed by atoms with E-state index in [4.69, 9.17) is 9.47 Å². The van der Waals surface area contributed by atoms with Crippen LogP contribution in [0.5, 0.6) is 0 Å². The van der Waals surface area contributed by atoms with Crippen molar-refractivity contribution in [1.82, 2.24) is 0 Å². The summed E-state index contributed by atoms with van der Waals surface area (Å²) < 4.78 is 10.3. The van der Waals surface area contributed by atoms with Crippen molar-refractivity contribution in [3.8, 4) is 0 Å². The fourth-order valence-electron chi connectivity index (χ4n) is 3.64. The molecule has 1 aliphatic carbocycles. The standard InChI is InChI=1S/C19H26O5/c1-3-23-17(21)19(18(22)24-4-2)11-15(16(12-19)13-20)10-14-8-6-5-7-9-14/h5-9,15-16,20H,3-4,10-13H2,1-2H3/t15-,16-/m0/s1. The molecule has 24 heavy (non-hydrogen) atoms. The Kier molecular flexibility index (Phi) is 6.37. The van der Waals surface area contributed by atoms with Gasteiger partial charge in [0.1, 0.15) is 0 Å². The Morgan fingerprint density at radius 2 is 1.58 bits per heavy atom. The van der Waals surface area contributed by atoms with Gasteiger partial charge in [-0.3, -0.25) is 9.59 Å². The second kappa shape index (κ2) is 8.29. The van der Waals surface area contributed by atoms with Crippen LogP contribution < -0.4 is 0 Å². The summed E-state index contributed by atoms with van der Waals surface area (Å²) >= 11 is 0. The van der Waals surface area contributed by atoms with Gasteiger partial charge in [-0.05, 0) is 50.5 Å². The number of hydrogen-bond donors (Lipinski definition) is 1. The molecule has 0 aromatic heterocycles. The molecule has 1 N–H and O–H groups in total. The van der Waals surface area contributed by atoms with Crippen LogP contribution in [-0.4, -0.2) is 36.9 Å². The summed E-state index contributed by atoms with van der Waals surface area (Å²) in [5.74, 6) is -1.15. The molecular weight excluding hydrogens is 308 g/mol. The van der Waals surface area contributed by atoms with E-state index in [1.807, 2.05) is 30.3 Å². The van der Waals surface area contributed by atoms with Crippen molar-refractivity contribution in [3.63, 3.8) is 0 Å². The van der Waals surface area contributed by atoms with Gasteiger partial charge in [0.25, 0.3) is 0 Å². The summed E-state index contributed by atoms with van der Waals surface area (Å²) in [4.78, 5) is 25.1. The molecule has 0 saturated heterocycles. The van der Waals surface area contributed by atoms with Crippen molar-refractivity contribution in [2.45, 2.75) is 33.1 Å². The van der Waals surface area contributed by atoms with E-state index < -0.39 is 17.4 Å². The van der Waals surface area contributed by atoms with E-state index in [1.54, 1.807) is 13.8 Å². The first-order valence-electron chi connectivity index (χ1n) is 8.56. The Bertz CT molecular complexity index is 536. The average molecular weight is 334 g/mol. The Morgan fingerprint density at radius 1 is 1.04 bits per heavy atom. The molecule has 2 atom stereocenters. The van der Waals surface area contributed by atoms with Crippen LogP contribution in [0.2, 0.25) is 0 Å². The Labute approximate surface area is 143 Å². The van der Waals surface area contributed by atoms with E-state index in [0.717, 1.165) is 5.56 Å². The van der Waals surface area contributed by atoms with E-state index in [9.17, 15) is 14.7 Å². The van der Waals surface area contributed by atoms with Crippen molar-refractivity contribution in [1.29, 1.82) is 0 Å². The second-order valence-corrected chi connectivity index (χ2v) is 6.32. The van der Waals surface area contributed by atoms with E-state index in [2.05, 4.69) is 0 Å². The molecular formula is C19H26O5. The molecule has 1 fully saturated rings. The zero-order chi connectivity index (χ0) is 17.6. The fourth-order valence-corrected chi connectivity index (χ4v) is 3.64. The molecule has 0 heterocycles. The normalized spacial score (nSPS) is 22.1. The van der Waals surface area contributed by atoms with Gasteiger partial charge in [0.15, 0.2) is 5.41 Å². The fraction of sp³-hybridized carbons (Fsp3) is 0.579. The first-order valence-corrected chi connectivity index (χ1v) is 8.56. The van der Waals surface area contributed by atoms with Crippen molar-refractivity contribution in [2.75, 3.05) is 19.8 Å². The maximum Gasteiger partial charge on any atom is 0.323 e. The highest BCUT2D eigenvalue weighted by molar-refractivity contribution is 6.00. The summed E-state index contributed by atoms with van der Waals surface area (Å²) in [5.41, 5.74) is -0.164. The molecule has 1 aromatic rings. The highest BCUT2D eigenvalue weighted by atomic mass is 16.6. The first kappa shape index (κ1) is 18.5. The summed E-state index contributed by atoms with van der Waals surface area (Å²) in [5, 5.41) is 9.77. The largest absolute Gasteiger partial charge is 0.465 e. The molecule has 1 aromatic carbocycles. The van der Waals surface area contributed by atoms with Crippen molar-refractivity contribution in [2.24, 2.45) is 17.3 Å². The number of ether oxygens (including phenoxy) is 2. The van der Waals surface area contributed by atoms with E-state index in [1.165, 1.54) is 0 Å². The van der Waals surface area contributed by atoms with Crippen molar-refractivity contribution in [3.05, 3.63) is 35.9 Å². The lowest BCUT2D eigenvalue weighted by Crippen LogP contribution is -2.40. The number of rotatable bonds is 7. The first-order chi connectivity index (χ1) is 11.6. The topological polar surface area (TPSA) is 72.8 Å². The summed E-state index contributed by atoms with van der Waals surface area (Å²) in [6.45, 7) is 3.81. The van der Waals surface area contributed by atoms with Crippen LogP contribution in [0.3, 0.4) is 0 Å². The predicted octanol–water partition coefficient (Wildman–Crippen LogP) is 2.36. The molecule has 0 radical (unpaired) electrons. The number of esters is 2. The van der Waals surface area contributed by atoms with Gasteiger partial charge in [0, 0.05) is 6.61 Å². The lowest BCUT2D eigenvalue weighted by molar-refractivity contribution is -0.172. The molecule has 0 amide bonds. The Balaban J connectivity index is 2.25. The highest BCUT2D eigenvalue weighted by Crippen LogP contribution is 2.48. The van der Waals surface area contributed by atoms with Gasteiger partial charge in [0.2, 0.25) is 0 Å². The lowest BCUT2D eigenvalue weighted by atomic mass is 9.84. The summed E-state index contributed by atoms with van der Waals surface area (Å²) in [7, 11) is 0. The van der Waals surface area contributed by atoms with Crippen LogP contribution in [0.4, 0.5) is 0 Å². The zero-order valence-electron chi connectivity index (χ0n) is 14.4. The third-order valence-electron chi connectivity index (χ3n) is 4.80. The Morgan fingerprint density at radius 3 is 2.08 bits per heavy atom. The van der Waals surface area contributed by atoms with E-state index in [-0.39, 0.29) is 38.1 Å². The molecule has 0 aliphatic heterocycles. The van der Waals surface area contributed by atoms with Gasteiger partial charge in [0.05, 0.1) is 13.2 Å². The quantitative estimate of drug-likeness (QED) is 0.612. The highest BCUT2D eigenvalue weighted by Gasteiger charge is 2.57. The van der Waals surface area contributed by atoms with Crippen LogP contribution in [0.1, 0.15) is 32.3 Å². The SMILES string of the molecule is CCOC(=O)C1(C(=O)OCC)C[C@@H](CO)[C@@H](Cc2ccccc2)C1. The minimum atomic E-state index is -1.29. The molecule has 1 saturated carbocycles. The average Bonchev–Trinajstić information content (AvgIpc) is 2.96. The molecule has 132 valence electrons. The van der Waals surface area contributed by atoms with Gasteiger partial charge < -0.3 is 14.6 Å². The number of benzene rings is 1. The molecule has 2 rings (SSSR count). The minimum Gasteiger partial charge on any atom is -0.465 e. The van der Waals surface area contributed by atoms with E-state index in [0.29, 0.717) is 12.8 Å². The van der Waals surface area contributed by atoms with E-state index >= 15 is 0 Å². The zero-order valence-corrected chi connectivity index (χ0v) is 14.4. The number of carbonyl (C=O) groups excluding carboxylic acids is 2. The van der Waals surface area contributed by atoms with Crippen LogP contribution in [0.15, 0.2) is 30.3 Å². The third kappa shape index (κ3) is 3.78. The number of aliphatic hydroxyl groups is 1. The molecule has 0 spiro atoms. The van der Waals surface area contributed by atoms with Gasteiger partial charge in [-0.15, -0.1) is 0 Å².